The molecule has 2 amide bonds. The predicted octanol–water partition coefficient (Wildman–Crippen LogP) is 2.66. The molecular formula is C20H25N3O2. The number of rotatable bonds is 7. The first-order chi connectivity index (χ1) is 12.0. The molecular weight excluding hydrogens is 314 g/mol. The van der Waals surface area contributed by atoms with Crippen LogP contribution in [0.3, 0.4) is 0 Å². The lowest BCUT2D eigenvalue weighted by molar-refractivity contribution is -0.130. The standard InChI is InChI=1S/C20H25N3O2/c1-15-7-9-17(10-8-15)19(22-16(2)24)14-20(25)23(3)13-11-18-6-4-5-12-21-18/h4-10,12,19H,11,13-14H2,1-3H3,(H,22,24). The second-order valence-electron chi connectivity index (χ2n) is 6.25. The van der Waals surface area contributed by atoms with E-state index in [0.29, 0.717) is 13.0 Å². The Labute approximate surface area is 149 Å². The summed E-state index contributed by atoms with van der Waals surface area (Å²) in [7, 11) is 1.78. The highest BCUT2D eigenvalue weighted by Crippen LogP contribution is 2.18. The van der Waals surface area contributed by atoms with Gasteiger partial charge in [0.25, 0.3) is 0 Å². The van der Waals surface area contributed by atoms with E-state index in [-0.39, 0.29) is 24.3 Å². The van der Waals surface area contributed by atoms with Crippen LogP contribution in [-0.2, 0) is 16.0 Å². The van der Waals surface area contributed by atoms with E-state index in [1.807, 2.05) is 49.4 Å². The lowest BCUT2D eigenvalue weighted by atomic mass is 10.0. The van der Waals surface area contributed by atoms with Crippen LogP contribution in [0.4, 0.5) is 0 Å². The van der Waals surface area contributed by atoms with Crippen molar-refractivity contribution in [2.75, 3.05) is 13.6 Å². The van der Waals surface area contributed by atoms with Crippen molar-refractivity contribution < 1.29 is 9.59 Å². The van der Waals surface area contributed by atoms with Crippen LogP contribution in [0.25, 0.3) is 0 Å². The summed E-state index contributed by atoms with van der Waals surface area (Å²) in [6, 6.07) is 13.3. The second-order valence-corrected chi connectivity index (χ2v) is 6.25. The van der Waals surface area contributed by atoms with Crippen LogP contribution >= 0.6 is 0 Å². The second kappa shape index (κ2) is 8.97. The van der Waals surface area contributed by atoms with E-state index in [1.165, 1.54) is 6.92 Å². The van der Waals surface area contributed by atoms with Crippen molar-refractivity contribution in [3.8, 4) is 0 Å². The van der Waals surface area contributed by atoms with E-state index in [4.69, 9.17) is 0 Å². The summed E-state index contributed by atoms with van der Waals surface area (Å²) in [6.07, 6.45) is 2.70. The monoisotopic (exact) mass is 339 g/mol. The average Bonchev–Trinajstić information content (AvgIpc) is 2.60. The SMILES string of the molecule is CC(=O)NC(CC(=O)N(C)CCc1ccccn1)c1ccc(C)cc1. The Bertz CT molecular complexity index is 699. The summed E-state index contributed by atoms with van der Waals surface area (Å²) >= 11 is 0. The lowest BCUT2D eigenvalue weighted by Gasteiger charge is -2.22. The van der Waals surface area contributed by atoms with Crippen molar-refractivity contribution in [2.45, 2.75) is 32.7 Å². The van der Waals surface area contributed by atoms with Crippen LogP contribution in [0, 0.1) is 6.92 Å². The highest BCUT2D eigenvalue weighted by atomic mass is 16.2. The molecule has 132 valence electrons. The van der Waals surface area contributed by atoms with Gasteiger partial charge in [0.05, 0.1) is 12.5 Å². The maximum atomic E-state index is 12.6. The van der Waals surface area contributed by atoms with Gasteiger partial charge in [-0.3, -0.25) is 14.6 Å². The van der Waals surface area contributed by atoms with Crippen molar-refractivity contribution in [3.63, 3.8) is 0 Å². The Hall–Kier alpha value is -2.69. The Morgan fingerprint density at radius 1 is 1.16 bits per heavy atom. The summed E-state index contributed by atoms with van der Waals surface area (Å²) in [5, 5.41) is 2.88. The highest BCUT2D eigenvalue weighted by Gasteiger charge is 2.19. The number of hydrogen-bond donors (Lipinski definition) is 1. The highest BCUT2D eigenvalue weighted by molar-refractivity contribution is 5.79. The lowest BCUT2D eigenvalue weighted by Crippen LogP contribution is -2.34. The first-order valence-electron chi connectivity index (χ1n) is 8.43. The van der Waals surface area contributed by atoms with Crippen molar-refractivity contribution in [1.29, 1.82) is 0 Å². The van der Waals surface area contributed by atoms with Gasteiger partial charge in [-0.1, -0.05) is 35.9 Å². The number of amides is 2. The Morgan fingerprint density at radius 3 is 2.48 bits per heavy atom. The van der Waals surface area contributed by atoms with Crippen LogP contribution < -0.4 is 5.32 Å². The van der Waals surface area contributed by atoms with Gasteiger partial charge in [0, 0.05) is 38.8 Å². The van der Waals surface area contributed by atoms with Gasteiger partial charge in [0.2, 0.25) is 11.8 Å². The Kier molecular flexibility index (Phi) is 6.69. The molecule has 0 spiro atoms. The van der Waals surface area contributed by atoms with Crippen molar-refractivity contribution >= 4 is 11.8 Å². The number of benzene rings is 1. The van der Waals surface area contributed by atoms with Crippen LogP contribution in [0.15, 0.2) is 48.7 Å². The summed E-state index contributed by atoms with van der Waals surface area (Å²) in [4.78, 5) is 30.0. The number of carbonyl (C=O) groups excluding carboxylic acids is 2. The first kappa shape index (κ1) is 18.6. The third-order valence-corrected chi connectivity index (χ3v) is 4.09. The summed E-state index contributed by atoms with van der Waals surface area (Å²) in [5.74, 6) is -0.148. The fourth-order valence-corrected chi connectivity index (χ4v) is 2.58. The number of nitrogens with one attached hydrogen (secondary N) is 1. The molecule has 0 radical (unpaired) electrons. The minimum Gasteiger partial charge on any atom is -0.349 e. The van der Waals surface area contributed by atoms with Gasteiger partial charge in [0.15, 0.2) is 0 Å². The van der Waals surface area contributed by atoms with E-state index in [9.17, 15) is 9.59 Å². The average molecular weight is 339 g/mol. The van der Waals surface area contributed by atoms with Gasteiger partial charge in [-0.2, -0.15) is 0 Å². The van der Waals surface area contributed by atoms with Gasteiger partial charge in [-0.25, -0.2) is 0 Å². The zero-order valence-electron chi connectivity index (χ0n) is 15.0. The van der Waals surface area contributed by atoms with Crippen molar-refractivity contribution in [2.24, 2.45) is 0 Å². The molecule has 0 bridgehead atoms. The smallest absolute Gasteiger partial charge is 0.224 e. The van der Waals surface area contributed by atoms with E-state index < -0.39 is 0 Å². The molecule has 5 nitrogen and oxygen atoms in total. The van der Waals surface area contributed by atoms with E-state index in [2.05, 4.69) is 10.3 Å². The van der Waals surface area contributed by atoms with Crippen LogP contribution in [0.5, 0.6) is 0 Å². The molecule has 0 saturated carbocycles. The number of hydrogen-bond acceptors (Lipinski definition) is 3. The molecule has 0 aliphatic rings. The third kappa shape index (κ3) is 6.03. The maximum absolute atomic E-state index is 12.6. The van der Waals surface area contributed by atoms with Gasteiger partial charge in [-0.15, -0.1) is 0 Å². The molecule has 25 heavy (non-hydrogen) atoms. The van der Waals surface area contributed by atoms with Crippen LogP contribution in [0.1, 0.15) is 36.2 Å². The van der Waals surface area contributed by atoms with Gasteiger partial charge in [0.1, 0.15) is 0 Å². The topological polar surface area (TPSA) is 62.3 Å². The molecule has 5 heteroatoms. The number of nitrogens with zero attached hydrogens (tertiary/aromatic N) is 2. The molecule has 0 aliphatic heterocycles. The molecule has 1 atom stereocenters. The number of pyridine rings is 1. The van der Waals surface area contributed by atoms with E-state index in [1.54, 1.807) is 18.1 Å². The summed E-state index contributed by atoms with van der Waals surface area (Å²) in [5.41, 5.74) is 3.04. The minimum absolute atomic E-state index is 0.00439. The predicted molar refractivity (Wildman–Crippen MR) is 97.9 cm³/mol. The largest absolute Gasteiger partial charge is 0.349 e. The summed E-state index contributed by atoms with van der Waals surface area (Å²) in [6.45, 7) is 4.07. The van der Waals surface area contributed by atoms with Crippen LogP contribution in [-0.4, -0.2) is 35.3 Å². The van der Waals surface area contributed by atoms with Gasteiger partial charge >= 0.3 is 0 Å². The van der Waals surface area contributed by atoms with Gasteiger partial charge in [-0.05, 0) is 24.6 Å². The fraction of sp³-hybridized carbons (Fsp3) is 0.350. The zero-order valence-corrected chi connectivity index (χ0v) is 15.0. The van der Waals surface area contributed by atoms with E-state index >= 15 is 0 Å². The normalized spacial score (nSPS) is 11.6. The zero-order chi connectivity index (χ0) is 18.2. The maximum Gasteiger partial charge on any atom is 0.224 e. The molecule has 1 aromatic carbocycles. The Morgan fingerprint density at radius 2 is 1.88 bits per heavy atom. The fourth-order valence-electron chi connectivity index (χ4n) is 2.58. The third-order valence-electron chi connectivity index (χ3n) is 4.09. The number of aromatic nitrogens is 1. The number of carbonyl (C=O) groups is 2. The van der Waals surface area contributed by atoms with Crippen molar-refractivity contribution in [1.82, 2.24) is 15.2 Å². The number of likely N-dealkylation sites (N-methyl/N-ethyl adjacent to an activating group) is 1. The van der Waals surface area contributed by atoms with Crippen LogP contribution in [0.2, 0.25) is 0 Å². The molecule has 1 N–H and O–H groups in total. The number of aryl methyl sites for hydroxylation is 1. The molecule has 2 rings (SSSR count). The molecule has 0 aliphatic carbocycles. The first-order valence-corrected chi connectivity index (χ1v) is 8.43. The molecule has 1 aromatic heterocycles. The van der Waals surface area contributed by atoms with Crippen molar-refractivity contribution in [3.05, 3.63) is 65.5 Å². The van der Waals surface area contributed by atoms with Gasteiger partial charge < -0.3 is 10.2 Å². The molecule has 0 saturated heterocycles. The quantitative estimate of drug-likeness (QED) is 0.843. The Balaban J connectivity index is 1.98. The summed E-state index contributed by atoms with van der Waals surface area (Å²) < 4.78 is 0. The van der Waals surface area contributed by atoms with E-state index in [0.717, 1.165) is 16.8 Å². The molecule has 1 unspecified atom stereocenters. The molecule has 1 heterocycles. The minimum atomic E-state index is -0.317. The molecule has 2 aromatic rings. The molecule has 0 fully saturated rings.